The molecule has 1 saturated heterocycles. The lowest BCUT2D eigenvalue weighted by atomic mass is 9.49. The van der Waals surface area contributed by atoms with Gasteiger partial charge in [-0.05, 0) is 50.5 Å². The minimum absolute atomic E-state index is 0.0281. The van der Waals surface area contributed by atoms with Gasteiger partial charge in [-0.2, -0.15) is 0 Å². The molecule has 0 bridgehead atoms. The molecule has 1 unspecified atom stereocenters. The third kappa shape index (κ3) is 4.16. The molecule has 5 rings (SSSR count). The van der Waals surface area contributed by atoms with Gasteiger partial charge in [0.05, 0.1) is 41.3 Å². The van der Waals surface area contributed by atoms with Gasteiger partial charge in [-0.25, -0.2) is 4.79 Å². The average Bonchev–Trinajstić information content (AvgIpc) is 3.14. The molecular formula is C31H40O11. The van der Waals surface area contributed by atoms with Crippen LogP contribution in [0.15, 0.2) is 41.5 Å². The summed E-state index contributed by atoms with van der Waals surface area (Å²) in [6.07, 6.45) is -7.96. The van der Waals surface area contributed by atoms with E-state index in [1.807, 2.05) is 0 Å². The summed E-state index contributed by atoms with van der Waals surface area (Å²) in [6.45, 7) is 8.48. The van der Waals surface area contributed by atoms with Crippen LogP contribution in [0, 0.1) is 16.7 Å². The Hall–Kier alpha value is -2.83. The summed E-state index contributed by atoms with van der Waals surface area (Å²) in [5.41, 5.74) is -5.78. The third-order valence-electron chi connectivity index (χ3n) is 10.3. The van der Waals surface area contributed by atoms with Crippen molar-refractivity contribution in [2.45, 2.75) is 102 Å². The van der Waals surface area contributed by atoms with Crippen molar-refractivity contribution in [3.05, 3.63) is 47.0 Å². The first-order valence-electron chi connectivity index (χ1n) is 14.2. The van der Waals surface area contributed by atoms with Gasteiger partial charge < -0.3 is 39.4 Å². The van der Waals surface area contributed by atoms with Crippen molar-refractivity contribution in [1.29, 1.82) is 0 Å². The maximum absolute atomic E-state index is 13.5. The zero-order chi connectivity index (χ0) is 31.0. The van der Waals surface area contributed by atoms with Gasteiger partial charge in [0.1, 0.15) is 18.3 Å². The first kappa shape index (κ1) is 30.6. The lowest BCUT2D eigenvalue weighted by Gasteiger charge is -2.65. The summed E-state index contributed by atoms with van der Waals surface area (Å²) >= 11 is 0. The highest BCUT2D eigenvalue weighted by atomic mass is 16.6. The van der Waals surface area contributed by atoms with Crippen LogP contribution in [-0.2, 0) is 28.5 Å². The molecule has 0 radical (unpaired) electrons. The van der Waals surface area contributed by atoms with Gasteiger partial charge in [0.15, 0.2) is 11.7 Å². The van der Waals surface area contributed by atoms with Crippen molar-refractivity contribution in [2.75, 3.05) is 6.61 Å². The maximum Gasteiger partial charge on any atom is 0.338 e. The lowest BCUT2D eigenvalue weighted by molar-refractivity contribution is -0.352. The molecule has 4 N–H and O–H groups in total. The second-order valence-corrected chi connectivity index (χ2v) is 13.0. The van der Waals surface area contributed by atoms with E-state index in [0.29, 0.717) is 5.57 Å². The SMILES string of the molecule is CC(=O)O[C@H]1C2[C@@](C)([C@@H](O)C[C@H]3OC[C@@]23OC(C)=O)[C@@H](O)[C@H](OC(=O)c2ccccc2)C2=C(C)[C@@H](O)C[C@]21C(C)(C)O. The number of rotatable bonds is 5. The minimum Gasteiger partial charge on any atom is -0.461 e. The molecule has 230 valence electrons. The van der Waals surface area contributed by atoms with Gasteiger partial charge in [0, 0.05) is 25.7 Å². The van der Waals surface area contributed by atoms with Crippen LogP contribution in [0.1, 0.15) is 64.7 Å². The van der Waals surface area contributed by atoms with Crippen LogP contribution < -0.4 is 0 Å². The Labute approximate surface area is 244 Å². The summed E-state index contributed by atoms with van der Waals surface area (Å²) in [5, 5.41) is 47.4. The number of hydrogen-bond acceptors (Lipinski definition) is 11. The second kappa shape index (κ2) is 10.1. The Morgan fingerprint density at radius 3 is 2.19 bits per heavy atom. The predicted molar refractivity (Wildman–Crippen MR) is 146 cm³/mol. The topological polar surface area (TPSA) is 169 Å². The van der Waals surface area contributed by atoms with E-state index in [2.05, 4.69) is 0 Å². The van der Waals surface area contributed by atoms with Crippen LogP contribution in [0.4, 0.5) is 0 Å². The minimum atomic E-state index is -1.76. The van der Waals surface area contributed by atoms with Crippen LogP contribution in [0.25, 0.3) is 0 Å². The molecule has 2 saturated carbocycles. The summed E-state index contributed by atoms with van der Waals surface area (Å²) in [4.78, 5) is 38.9. The smallest absolute Gasteiger partial charge is 0.338 e. The van der Waals surface area contributed by atoms with Gasteiger partial charge in [0.25, 0.3) is 0 Å². The van der Waals surface area contributed by atoms with E-state index in [-0.39, 0.29) is 30.6 Å². The number of ether oxygens (including phenoxy) is 4. The molecule has 0 amide bonds. The van der Waals surface area contributed by atoms with Crippen molar-refractivity contribution < 1.29 is 53.8 Å². The average molecular weight is 589 g/mol. The number of carbonyl (C=O) groups excluding carboxylic acids is 3. The molecule has 1 heterocycles. The predicted octanol–water partition coefficient (Wildman–Crippen LogP) is 1.44. The summed E-state index contributed by atoms with van der Waals surface area (Å²) in [5.74, 6) is -3.31. The molecule has 3 aliphatic carbocycles. The van der Waals surface area contributed by atoms with Gasteiger partial charge in [-0.1, -0.05) is 25.1 Å². The fourth-order valence-electron chi connectivity index (χ4n) is 8.27. The van der Waals surface area contributed by atoms with E-state index < -0.39 is 82.5 Å². The van der Waals surface area contributed by atoms with Crippen molar-refractivity contribution >= 4 is 17.9 Å². The highest BCUT2D eigenvalue weighted by Crippen LogP contribution is 2.68. The maximum atomic E-state index is 13.5. The Balaban J connectivity index is 1.83. The molecule has 1 aliphatic heterocycles. The molecular weight excluding hydrogens is 548 g/mol. The molecule has 42 heavy (non-hydrogen) atoms. The van der Waals surface area contributed by atoms with Gasteiger partial charge in [-0.15, -0.1) is 0 Å². The number of aliphatic hydroxyl groups is 4. The van der Waals surface area contributed by atoms with Gasteiger partial charge >= 0.3 is 17.9 Å². The van der Waals surface area contributed by atoms with Crippen LogP contribution in [0.2, 0.25) is 0 Å². The Kier molecular flexibility index (Phi) is 7.38. The Morgan fingerprint density at radius 2 is 1.67 bits per heavy atom. The number of aliphatic hydroxyl groups excluding tert-OH is 3. The van der Waals surface area contributed by atoms with Crippen LogP contribution >= 0.6 is 0 Å². The Morgan fingerprint density at radius 1 is 1.02 bits per heavy atom. The zero-order valence-electron chi connectivity index (χ0n) is 24.7. The van der Waals surface area contributed by atoms with Crippen molar-refractivity contribution in [3.8, 4) is 0 Å². The van der Waals surface area contributed by atoms with Crippen LogP contribution in [0.3, 0.4) is 0 Å². The molecule has 10 atom stereocenters. The third-order valence-corrected chi connectivity index (χ3v) is 10.3. The standard InChI is InChI=1S/C31H40O11/c1-15-19(34)13-30(28(4,5)38)22(15)23(41-27(37)18-10-8-7-9-11-18)25(36)29(6)20(35)12-21-31(14-39-21,42-17(3)33)24(29)26(30)40-16(2)32/h7-11,19-21,23-26,34-36,38H,12-14H2,1-6H3/t19-,20-,21+,23+,24?,25-,26-,29+,30-,31-/m0/s1. The first-order valence-corrected chi connectivity index (χ1v) is 14.2. The second-order valence-electron chi connectivity index (χ2n) is 13.0. The fourth-order valence-corrected chi connectivity index (χ4v) is 8.27. The molecule has 0 aromatic heterocycles. The summed E-state index contributed by atoms with van der Waals surface area (Å²) < 4.78 is 23.9. The molecule has 11 nitrogen and oxygen atoms in total. The van der Waals surface area contributed by atoms with E-state index in [1.54, 1.807) is 44.2 Å². The summed E-state index contributed by atoms with van der Waals surface area (Å²) in [7, 11) is 0. The number of benzene rings is 1. The van der Waals surface area contributed by atoms with Crippen molar-refractivity contribution in [1.82, 2.24) is 0 Å². The highest BCUT2D eigenvalue weighted by Gasteiger charge is 2.79. The van der Waals surface area contributed by atoms with E-state index >= 15 is 0 Å². The number of fused-ring (bicyclic) bond motifs is 4. The normalized spacial score (nSPS) is 41.0. The van der Waals surface area contributed by atoms with Gasteiger partial charge in [0.2, 0.25) is 0 Å². The van der Waals surface area contributed by atoms with E-state index in [4.69, 9.17) is 18.9 Å². The molecule has 1 aromatic carbocycles. The van der Waals surface area contributed by atoms with E-state index in [1.165, 1.54) is 27.7 Å². The van der Waals surface area contributed by atoms with E-state index in [9.17, 15) is 34.8 Å². The zero-order valence-corrected chi connectivity index (χ0v) is 24.7. The molecule has 0 spiro atoms. The van der Waals surface area contributed by atoms with E-state index in [0.717, 1.165) is 0 Å². The molecule has 1 aromatic rings. The molecule has 3 fully saturated rings. The molecule has 4 aliphatic rings. The van der Waals surface area contributed by atoms with Crippen molar-refractivity contribution in [3.63, 3.8) is 0 Å². The van der Waals surface area contributed by atoms with Crippen LogP contribution in [0.5, 0.6) is 0 Å². The Bertz CT molecular complexity index is 1300. The molecule has 11 heteroatoms. The number of hydrogen-bond donors (Lipinski definition) is 4. The highest BCUT2D eigenvalue weighted by molar-refractivity contribution is 5.89. The first-order chi connectivity index (χ1) is 19.5. The number of esters is 3. The lowest BCUT2D eigenvalue weighted by Crippen LogP contribution is -2.78. The van der Waals surface area contributed by atoms with Crippen molar-refractivity contribution in [2.24, 2.45) is 16.7 Å². The monoisotopic (exact) mass is 588 g/mol. The fraction of sp³-hybridized carbons (Fsp3) is 0.645. The van der Waals surface area contributed by atoms with Gasteiger partial charge in [-0.3, -0.25) is 9.59 Å². The number of carbonyl (C=O) groups is 3. The quantitative estimate of drug-likeness (QED) is 0.223. The summed E-state index contributed by atoms with van der Waals surface area (Å²) in [6, 6.07) is 8.14. The van der Waals surface area contributed by atoms with Crippen LogP contribution in [-0.4, -0.2) is 92.8 Å². The largest absolute Gasteiger partial charge is 0.461 e.